The molecule has 22 heavy (non-hydrogen) atoms. The van der Waals surface area contributed by atoms with Crippen LogP contribution in [-0.4, -0.2) is 22.6 Å². The number of nitrogens with one attached hydrogen (secondary N) is 2. The fourth-order valence-electron chi connectivity index (χ4n) is 3.35. The standard InChI is InChI=1S/C18H23N3O/c1-13-4-6-15(7-5-13)18(12-17(18,2)3)16(22)19-9-8-14-10-20-21-11-14/h4-7,10-11H,8-9,12H2,1-3H3,(H,19,22)(H,20,21). The van der Waals surface area contributed by atoms with Gasteiger partial charge in [0.25, 0.3) is 0 Å². The Bertz CT molecular complexity index is 658. The van der Waals surface area contributed by atoms with Gasteiger partial charge in [0.05, 0.1) is 11.6 Å². The first kappa shape index (κ1) is 14.8. The third-order valence-electron chi connectivity index (χ3n) is 4.92. The Morgan fingerprint density at radius 1 is 1.32 bits per heavy atom. The van der Waals surface area contributed by atoms with Crippen molar-refractivity contribution in [3.63, 3.8) is 0 Å². The number of aromatic nitrogens is 2. The van der Waals surface area contributed by atoms with Gasteiger partial charge in [-0.25, -0.2) is 0 Å². The van der Waals surface area contributed by atoms with Crippen molar-refractivity contribution in [2.24, 2.45) is 5.41 Å². The van der Waals surface area contributed by atoms with Crippen LogP contribution in [0.25, 0.3) is 0 Å². The van der Waals surface area contributed by atoms with Gasteiger partial charge in [0.15, 0.2) is 0 Å². The smallest absolute Gasteiger partial charge is 0.231 e. The summed E-state index contributed by atoms with van der Waals surface area (Å²) in [5.74, 6) is 0.143. The second kappa shape index (κ2) is 5.27. The summed E-state index contributed by atoms with van der Waals surface area (Å²) < 4.78 is 0. The van der Waals surface area contributed by atoms with E-state index in [2.05, 4.69) is 60.6 Å². The molecule has 1 saturated carbocycles. The molecule has 1 heterocycles. The van der Waals surface area contributed by atoms with Crippen LogP contribution in [0, 0.1) is 12.3 Å². The Morgan fingerprint density at radius 3 is 2.55 bits per heavy atom. The topological polar surface area (TPSA) is 57.8 Å². The number of carbonyl (C=O) groups excluding carboxylic acids is 1. The van der Waals surface area contributed by atoms with E-state index < -0.39 is 0 Å². The van der Waals surface area contributed by atoms with Gasteiger partial charge in [0, 0.05) is 12.7 Å². The van der Waals surface area contributed by atoms with Gasteiger partial charge < -0.3 is 5.32 Å². The van der Waals surface area contributed by atoms with Gasteiger partial charge in [-0.05, 0) is 36.3 Å². The maximum absolute atomic E-state index is 12.8. The van der Waals surface area contributed by atoms with Crippen LogP contribution in [-0.2, 0) is 16.6 Å². The minimum atomic E-state index is -0.378. The second-order valence-electron chi connectivity index (χ2n) is 6.94. The molecule has 1 aliphatic rings. The van der Waals surface area contributed by atoms with Gasteiger partial charge in [-0.3, -0.25) is 9.89 Å². The Hall–Kier alpha value is -2.10. The number of hydrogen-bond acceptors (Lipinski definition) is 2. The predicted octanol–water partition coefficient (Wildman–Crippen LogP) is 2.74. The lowest BCUT2D eigenvalue weighted by Crippen LogP contribution is -2.38. The van der Waals surface area contributed by atoms with E-state index in [1.807, 2.05) is 6.20 Å². The molecule has 0 spiro atoms. The molecule has 1 amide bonds. The molecule has 1 unspecified atom stereocenters. The van der Waals surface area contributed by atoms with E-state index >= 15 is 0 Å². The van der Waals surface area contributed by atoms with Crippen LogP contribution >= 0.6 is 0 Å². The van der Waals surface area contributed by atoms with Gasteiger partial charge in [0.1, 0.15) is 0 Å². The van der Waals surface area contributed by atoms with Crippen molar-refractivity contribution in [3.05, 3.63) is 53.3 Å². The van der Waals surface area contributed by atoms with Crippen molar-refractivity contribution < 1.29 is 4.79 Å². The summed E-state index contributed by atoms with van der Waals surface area (Å²) in [4.78, 5) is 12.8. The lowest BCUT2D eigenvalue weighted by Gasteiger charge is -2.21. The van der Waals surface area contributed by atoms with Crippen molar-refractivity contribution in [3.8, 4) is 0 Å². The molecule has 1 aromatic carbocycles. The quantitative estimate of drug-likeness (QED) is 0.891. The van der Waals surface area contributed by atoms with Crippen molar-refractivity contribution in [1.82, 2.24) is 15.5 Å². The Balaban J connectivity index is 1.71. The summed E-state index contributed by atoms with van der Waals surface area (Å²) in [7, 11) is 0. The molecule has 1 aromatic heterocycles. The van der Waals surface area contributed by atoms with Crippen molar-refractivity contribution >= 4 is 5.91 Å². The average Bonchev–Trinajstić information content (AvgIpc) is 2.86. The molecule has 2 N–H and O–H groups in total. The average molecular weight is 297 g/mol. The van der Waals surface area contributed by atoms with E-state index in [-0.39, 0.29) is 16.7 Å². The van der Waals surface area contributed by atoms with E-state index in [9.17, 15) is 4.79 Å². The second-order valence-corrected chi connectivity index (χ2v) is 6.94. The number of benzene rings is 1. The van der Waals surface area contributed by atoms with Crippen molar-refractivity contribution in [1.29, 1.82) is 0 Å². The van der Waals surface area contributed by atoms with Crippen LogP contribution < -0.4 is 5.32 Å². The van der Waals surface area contributed by atoms with Crippen molar-refractivity contribution in [2.45, 2.75) is 39.0 Å². The minimum Gasteiger partial charge on any atom is -0.355 e. The third kappa shape index (κ3) is 2.43. The first-order chi connectivity index (χ1) is 10.5. The molecular weight excluding hydrogens is 274 g/mol. The van der Waals surface area contributed by atoms with Gasteiger partial charge in [-0.2, -0.15) is 5.10 Å². The van der Waals surface area contributed by atoms with E-state index in [0.717, 1.165) is 24.0 Å². The van der Waals surface area contributed by atoms with Crippen LogP contribution in [0.15, 0.2) is 36.7 Å². The summed E-state index contributed by atoms with van der Waals surface area (Å²) in [5, 5.41) is 9.83. The normalized spacial score (nSPS) is 22.3. The number of H-pyrrole nitrogens is 1. The first-order valence-corrected chi connectivity index (χ1v) is 7.79. The molecule has 4 nitrogen and oxygen atoms in total. The summed E-state index contributed by atoms with van der Waals surface area (Å²) in [6, 6.07) is 8.37. The predicted molar refractivity (Wildman–Crippen MR) is 86.6 cm³/mol. The molecule has 0 bridgehead atoms. The highest BCUT2D eigenvalue weighted by atomic mass is 16.2. The highest BCUT2D eigenvalue weighted by Crippen LogP contribution is 2.64. The lowest BCUT2D eigenvalue weighted by atomic mass is 9.86. The van der Waals surface area contributed by atoms with Crippen LogP contribution in [0.5, 0.6) is 0 Å². The number of aromatic amines is 1. The fraction of sp³-hybridized carbons (Fsp3) is 0.444. The molecule has 0 saturated heterocycles. The number of carbonyl (C=O) groups is 1. The summed E-state index contributed by atoms with van der Waals surface area (Å²) in [5.41, 5.74) is 3.10. The third-order valence-corrected chi connectivity index (χ3v) is 4.92. The lowest BCUT2D eigenvalue weighted by molar-refractivity contribution is -0.124. The van der Waals surface area contributed by atoms with Gasteiger partial charge >= 0.3 is 0 Å². The van der Waals surface area contributed by atoms with E-state index in [1.165, 1.54) is 5.56 Å². The van der Waals surface area contributed by atoms with Gasteiger partial charge in [-0.15, -0.1) is 0 Å². The van der Waals surface area contributed by atoms with Crippen molar-refractivity contribution in [2.75, 3.05) is 6.54 Å². The zero-order valence-corrected chi connectivity index (χ0v) is 13.4. The number of hydrogen-bond donors (Lipinski definition) is 2. The monoisotopic (exact) mass is 297 g/mol. The number of amides is 1. The van der Waals surface area contributed by atoms with E-state index in [1.54, 1.807) is 6.20 Å². The Morgan fingerprint density at radius 2 is 2.00 bits per heavy atom. The Labute approximate surface area is 131 Å². The highest BCUT2D eigenvalue weighted by molar-refractivity contribution is 5.93. The zero-order chi connectivity index (χ0) is 15.8. The van der Waals surface area contributed by atoms with Gasteiger partial charge in [-0.1, -0.05) is 43.7 Å². The summed E-state index contributed by atoms with van der Waals surface area (Å²) >= 11 is 0. The molecule has 0 aliphatic heterocycles. The first-order valence-electron chi connectivity index (χ1n) is 7.79. The largest absolute Gasteiger partial charge is 0.355 e. The molecule has 116 valence electrons. The molecule has 1 atom stereocenters. The van der Waals surface area contributed by atoms with Crippen LogP contribution in [0.4, 0.5) is 0 Å². The molecule has 2 aromatic rings. The molecule has 0 radical (unpaired) electrons. The minimum absolute atomic E-state index is 0.0159. The molecule has 4 heteroatoms. The summed E-state index contributed by atoms with van der Waals surface area (Å²) in [6.07, 6.45) is 5.36. The van der Waals surface area contributed by atoms with E-state index in [0.29, 0.717) is 6.54 Å². The van der Waals surface area contributed by atoms with Crippen LogP contribution in [0.2, 0.25) is 0 Å². The molecule has 1 fully saturated rings. The summed E-state index contributed by atoms with van der Waals surface area (Å²) in [6.45, 7) is 7.05. The SMILES string of the molecule is Cc1ccc(C2(C(=O)NCCc3cn[nH]c3)CC2(C)C)cc1. The highest BCUT2D eigenvalue weighted by Gasteiger charge is 2.66. The zero-order valence-electron chi connectivity index (χ0n) is 13.4. The molecular formula is C18H23N3O. The van der Waals surface area contributed by atoms with Gasteiger partial charge in [0.2, 0.25) is 5.91 Å². The van der Waals surface area contributed by atoms with Crippen LogP contribution in [0.3, 0.4) is 0 Å². The maximum atomic E-state index is 12.8. The maximum Gasteiger partial charge on any atom is 0.231 e. The Kier molecular flexibility index (Phi) is 3.55. The number of rotatable bonds is 5. The molecule has 3 rings (SSSR count). The molecule has 1 aliphatic carbocycles. The van der Waals surface area contributed by atoms with Crippen LogP contribution in [0.1, 0.15) is 37.0 Å². The fourth-order valence-corrected chi connectivity index (χ4v) is 3.35. The van der Waals surface area contributed by atoms with E-state index in [4.69, 9.17) is 0 Å². The number of nitrogens with zero attached hydrogens (tertiary/aromatic N) is 1. The number of aryl methyl sites for hydroxylation is 1.